The van der Waals surface area contributed by atoms with Gasteiger partial charge in [0.15, 0.2) is 0 Å². The number of carbonyl (C=O) groups is 2. The van der Waals surface area contributed by atoms with Crippen LogP contribution in [0.5, 0.6) is 0 Å². The van der Waals surface area contributed by atoms with Gasteiger partial charge in [-0.25, -0.2) is 9.78 Å². The fraction of sp³-hybridized carbons (Fsp3) is 0.364. The molecule has 1 aromatic rings. The molecule has 0 aromatic carbocycles. The van der Waals surface area contributed by atoms with Gasteiger partial charge < -0.3 is 10.4 Å². The number of nitrogens with one attached hydrogen (secondary N) is 1. The lowest BCUT2D eigenvalue weighted by Crippen LogP contribution is -2.49. The SMILES string of the molecule is Cc1cccc(C(=O)NC(C)(C)C(=O)O)n1. The van der Waals surface area contributed by atoms with Gasteiger partial charge in [0.1, 0.15) is 11.2 Å². The smallest absolute Gasteiger partial charge is 0.328 e. The first-order chi connectivity index (χ1) is 7.33. The van der Waals surface area contributed by atoms with Crippen LogP contribution in [0, 0.1) is 6.92 Å². The van der Waals surface area contributed by atoms with Crippen LogP contribution < -0.4 is 5.32 Å². The Balaban J connectivity index is 2.85. The molecule has 0 unspecified atom stereocenters. The summed E-state index contributed by atoms with van der Waals surface area (Å²) in [6.07, 6.45) is 0. The predicted molar refractivity (Wildman–Crippen MR) is 58.2 cm³/mol. The van der Waals surface area contributed by atoms with Crippen LogP contribution in [0.3, 0.4) is 0 Å². The van der Waals surface area contributed by atoms with Crippen molar-refractivity contribution in [3.63, 3.8) is 0 Å². The molecule has 0 fully saturated rings. The summed E-state index contributed by atoms with van der Waals surface area (Å²) in [6.45, 7) is 4.60. The van der Waals surface area contributed by atoms with Gasteiger partial charge >= 0.3 is 5.97 Å². The summed E-state index contributed by atoms with van der Waals surface area (Å²) in [4.78, 5) is 26.5. The van der Waals surface area contributed by atoms with Crippen molar-refractivity contribution in [1.82, 2.24) is 10.3 Å². The molecule has 0 saturated heterocycles. The van der Waals surface area contributed by atoms with Crippen molar-refractivity contribution in [2.45, 2.75) is 26.3 Å². The van der Waals surface area contributed by atoms with E-state index >= 15 is 0 Å². The highest BCUT2D eigenvalue weighted by molar-refractivity contribution is 5.96. The lowest BCUT2D eigenvalue weighted by molar-refractivity contribution is -0.143. The zero-order chi connectivity index (χ0) is 12.3. The van der Waals surface area contributed by atoms with Crippen molar-refractivity contribution < 1.29 is 14.7 Å². The van der Waals surface area contributed by atoms with Crippen molar-refractivity contribution >= 4 is 11.9 Å². The number of aromatic nitrogens is 1. The van der Waals surface area contributed by atoms with Crippen LogP contribution in [0.2, 0.25) is 0 Å². The van der Waals surface area contributed by atoms with E-state index in [0.717, 1.165) is 0 Å². The van der Waals surface area contributed by atoms with Gasteiger partial charge in [0.25, 0.3) is 5.91 Å². The average Bonchev–Trinajstić information content (AvgIpc) is 2.16. The van der Waals surface area contributed by atoms with Gasteiger partial charge in [0, 0.05) is 5.69 Å². The maximum Gasteiger partial charge on any atom is 0.328 e. The molecule has 0 aliphatic carbocycles. The predicted octanol–water partition coefficient (Wildman–Crippen LogP) is 0.983. The van der Waals surface area contributed by atoms with E-state index < -0.39 is 17.4 Å². The maximum atomic E-state index is 11.7. The normalized spacial score (nSPS) is 10.9. The number of hydrogen-bond donors (Lipinski definition) is 2. The summed E-state index contributed by atoms with van der Waals surface area (Å²) >= 11 is 0. The van der Waals surface area contributed by atoms with Gasteiger partial charge in [-0.2, -0.15) is 0 Å². The van der Waals surface area contributed by atoms with Crippen LogP contribution in [0.1, 0.15) is 30.0 Å². The highest BCUT2D eigenvalue weighted by Crippen LogP contribution is 2.05. The van der Waals surface area contributed by atoms with Crippen LogP contribution >= 0.6 is 0 Å². The molecule has 1 amide bonds. The van der Waals surface area contributed by atoms with Crippen molar-refractivity contribution in [1.29, 1.82) is 0 Å². The molecule has 0 bridgehead atoms. The molecule has 2 N–H and O–H groups in total. The summed E-state index contributed by atoms with van der Waals surface area (Å²) in [7, 11) is 0. The monoisotopic (exact) mass is 222 g/mol. The number of carboxylic acid groups (broad SMARTS) is 1. The molecule has 1 aromatic heterocycles. The van der Waals surface area contributed by atoms with Crippen LogP contribution in [-0.4, -0.2) is 27.5 Å². The number of aryl methyl sites for hydroxylation is 1. The molecule has 1 rings (SSSR count). The number of hydrogen-bond acceptors (Lipinski definition) is 3. The molecule has 0 saturated carbocycles. The Morgan fingerprint density at radius 1 is 1.38 bits per heavy atom. The van der Waals surface area contributed by atoms with E-state index in [-0.39, 0.29) is 5.69 Å². The third kappa shape index (κ3) is 2.79. The van der Waals surface area contributed by atoms with Crippen LogP contribution in [-0.2, 0) is 4.79 Å². The lowest BCUT2D eigenvalue weighted by atomic mass is 10.1. The van der Waals surface area contributed by atoms with E-state index in [1.807, 2.05) is 0 Å². The van der Waals surface area contributed by atoms with Gasteiger partial charge in [0.2, 0.25) is 0 Å². The molecule has 5 nitrogen and oxygen atoms in total. The molecule has 5 heteroatoms. The highest BCUT2D eigenvalue weighted by Gasteiger charge is 2.29. The first-order valence-corrected chi connectivity index (χ1v) is 4.82. The third-order valence-electron chi connectivity index (χ3n) is 2.08. The lowest BCUT2D eigenvalue weighted by Gasteiger charge is -2.20. The number of amides is 1. The van der Waals surface area contributed by atoms with Crippen molar-refractivity contribution in [3.05, 3.63) is 29.6 Å². The molecule has 86 valence electrons. The Bertz CT molecular complexity index is 427. The third-order valence-corrected chi connectivity index (χ3v) is 2.08. The Kier molecular flexibility index (Phi) is 3.27. The van der Waals surface area contributed by atoms with Crippen molar-refractivity contribution in [2.75, 3.05) is 0 Å². The van der Waals surface area contributed by atoms with E-state index in [0.29, 0.717) is 5.69 Å². The summed E-state index contributed by atoms with van der Waals surface area (Å²) in [5.41, 5.74) is -0.377. The molecule has 1 heterocycles. The number of pyridine rings is 1. The second-order valence-electron chi connectivity index (χ2n) is 4.05. The minimum Gasteiger partial charge on any atom is -0.480 e. The average molecular weight is 222 g/mol. The zero-order valence-corrected chi connectivity index (χ0v) is 9.44. The van der Waals surface area contributed by atoms with E-state index in [9.17, 15) is 9.59 Å². The number of rotatable bonds is 3. The van der Waals surface area contributed by atoms with Crippen LogP contribution in [0.25, 0.3) is 0 Å². The van der Waals surface area contributed by atoms with Crippen LogP contribution in [0.15, 0.2) is 18.2 Å². The number of carbonyl (C=O) groups excluding carboxylic acids is 1. The quantitative estimate of drug-likeness (QED) is 0.799. The van der Waals surface area contributed by atoms with Gasteiger partial charge in [-0.05, 0) is 32.9 Å². The van der Waals surface area contributed by atoms with Crippen molar-refractivity contribution in [2.24, 2.45) is 0 Å². The van der Waals surface area contributed by atoms with E-state index in [1.54, 1.807) is 25.1 Å². The maximum absolute atomic E-state index is 11.7. The minimum absolute atomic E-state index is 0.217. The molecule has 16 heavy (non-hydrogen) atoms. The summed E-state index contributed by atoms with van der Waals surface area (Å²) in [5.74, 6) is -1.58. The molecular formula is C11H14N2O3. The molecule has 0 radical (unpaired) electrons. The second kappa shape index (κ2) is 4.30. The van der Waals surface area contributed by atoms with Crippen molar-refractivity contribution in [3.8, 4) is 0 Å². The standard InChI is InChI=1S/C11H14N2O3/c1-7-5-4-6-8(12-7)9(14)13-11(2,3)10(15)16/h4-6H,1-3H3,(H,13,14)(H,15,16). The Morgan fingerprint density at radius 2 is 2.00 bits per heavy atom. The van der Waals surface area contributed by atoms with Gasteiger partial charge in [-0.1, -0.05) is 6.07 Å². The number of nitrogens with zero attached hydrogens (tertiary/aromatic N) is 1. The first kappa shape index (κ1) is 12.2. The largest absolute Gasteiger partial charge is 0.480 e. The van der Waals surface area contributed by atoms with E-state index in [4.69, 9.17) is 5.11 Å². The second-order valence-corrected chi connectivity index (χ2v) is 4.05. The summed E-state index contributed by atoms with van der Waals surface area (Å²) in [6, 6.07) is 5.00. The van der Waals surface area contributed by atoms with Gasteiger partial charge in [0.05, 0.1) is 0 Å². The Hall–Kier alpha value is -1.91. The Labute approximate surface area is 93.5 Å². The molecule has 0 spiro atoms. The van der Waals surface area contributed by atoms with Gasteiger partial charge in [-0.15, -0.1) is 0 Å². The Morgan fingerprint density at radius 3 is 2.50 bits per heavy atom. The van der Waals surface area contributed by atoms with Gasteiger partial charge in [-0.3, -0.25) is 4.79 Å². The zero-order valence-electron chi connectivity index (χ0n) is 9.44. The fourth-order valence-corrected chi connectivity index (χ4v) is 1.07. The number of carboxylic acids is 1. The molecule has 0 aliphatic rings. The summed E-state index contributed by atoms with van der Waals surface area (Å²) in [5, 5.41) is 11.3. The number of aliphatic carboxylic acids is 1. The van der Waals surface area contributed by atoms with E-state index in [1.165, 1.54) is 13.8 Å². The molecule has 0 aliphatic heterocycles. The molecule has 0 atom stereocenters. The molecular weight excluding hydrogens is 208 g/mol. The van der Waals surface area contributed by atoms with Crippen LogP contribution in [0.4, 0.5) is 0 Å². The summed E-state index contributed by atoms with van der Waals surface area (Å²) < 4.78 is 0. The highest BCUT2D eigenvalue weighted by atomic mass is 16.4. The first-order valence-electron chi connectivity index (χ1n) is 4.82. The minimum atomic E-state index is -1.30. The topological polar surface area (TPSA) is 79.3 Å². The fourth-order valence-electron chi connectivity index (χ4n) is 1.07. The van der Waals surface area contributed by atoms with E-state index in [2.05, 4.69) is 10.3 Å².